The number of hydrogen-bond donors (Lipinski definition) is 2. The highest BCUT2D eigenvalue weighted by atomic mass is 16.1. The lowest BCUT2D eigenvalue weighted by atomic mass is 9.90. The van der Waals surface area contributed by atoms with E-state index < -0.39 is 0 Å². The highest BCUT2D eigenvalue weighted by Gasteiger charge is 2.36. The third kappa shape index (κ3) is 5.05. The number of nitrogens with zero attached hydrogens (tertiary/aromatic N) is 1. The van der Waals surface area contributed by atoms with Crippen molar-refractivity contribution in [3.8, 4) is 0 Å². The molecule has 0 spiro atoms. The molecule has 1 atom stereocenters. The molecule has 3 rings (SSSR count). The van der Waals surface area contributed by atoms with Crippen molar-refractivity contribution in [1.82, 2.24) is 15.5 Å². The van der Waals surface area contributed by atoms with Gasteiger partial charge in [0.15, 0.2) is 0 Å². The molecule has 1 aromatic carbocycles. The summed E-state index contributed by atoms with van der Waals surface area (Å²) in [5.74, 6) is 0.103. The minimum absolute atomic E-state index is 0.103. The van der Waals surface area contributed by atoms with Crippen LogP contribution in [0.3, 0.4) is 0 Å². The Morgan fingerprint density at radius 1 is 1.16 bits per heavy atom. The lowest BCUT2D eigenvalue weighted by Gasteiger charge is -2.38. The van der Waals surface area contributed by atoms with Gasteiger partial charge in [0.2, 0.25) is 5.91 Å². The molecular formula is C21H33N3O. The molecule has 4 nitrogen and oxygen atoms in total. The number of rotatable bonds is 6. The summed E-state index contributed by atoms with van der Waals surface area (Å²) in [6.07, 6.45) is 7.09. The van der Waals surface area contributed by atoms with Crippen LogP contribution in [0.5, 0.6) is 0 Å². The summed E-state index contributed by atoms with van der Waals surface area (Å²) >= 11 is 0. The molecular weight excluding hydrogens is 310 g/mol. The molecule has 0 radical (unpaired) electrons. The van der Waals surface area contributed by atoms with Crippen molar-refractivity contribution >= 4 is 5.91 Å². The fourth-order valence-electron chi connectivity index (χ4n) is 4.45. The maximum atomic E-state index is 11.2. The summed E-state index contributed by atoms with van der Waals surface area (Å²) in [5.41, 5.74) is 1.66. The van der Waals surface area contributed by atoms with Gasteiger partial charge in [-0.1, -0.05) is 30.3 Å². The number of likely N-dealkylation sites (tertiary alicyclic amines) is 1. The SMILES string of the molecule is CC(=O)NC1CCC(NC[C@]2(C)CCCN2Cc2ccccc2)CC1. The molecule has 1 aliphatic carbocycles. The highest BCUT2D eigenvalue weighted by Crippen LogP contribution is 2.30. The first-order valence-corrected chi connectivity index (χ1v) is 9.85. The molecule has 2 aliphatic rings. The van der Waals surface area contributed by atoms with Crippen molar-refractivity contribution in [2.24, 2.45) is 0 Å². The summed E-state index contributed by atoms with van der Waals surface area (Å²) in [6.45, 7) is 7.34. The van der Waals surface area contributed by atoms with E-state index in [0.717, 1.165) is 25.9 Å². The second-order valence-corrected chi connectivity index (χ2v) is 8.14. The summed E-state index contributed by atoms with van der Waals surface area (Å²) in [5, 5.41) is 6.91. The van der Waals surface area contributed by atoms with Crippen LogP contribution < -0.4 is 10.6 Å². The Kier molecular flexibility index (Phi) is 6.13. The molecule has 0 bridgehead atoms. The number of benzene rings is 1. The molecule has 138 valence electrons. The average molecular weight is 344 g/mol. The van der Waals surface area contributed by atoms with Crippen molar-refractivity contribution in [3.63, 3.8) is 0 Å². The molecule has 2 fully saturated rings. The van der Waals surface area contributed by atoms with Crippen LogP contribution >= 0.6 is 0 Å². The maximum absolute atomic E-state index is 11.2. The third-order valence-corrected chi connectivity index (χ3v) is 6.03. The molecule has 2 N–H and O–H groups in total. The zero-order valence-corrected chi connectivity index (χ0v) is 15.8. The van der Waals surface area contributed by atoms with Gasteiger partial charge in [-0.05, 0) is 57.6 Å². The summed E-state index contributed by atoms with van der Waals surface area (Å²) in [6, 6.07) is 11.8. The third-order valence-electron chi connectivity index (χ3n) is 6.03. The van der Waals surface area contributed by atoms with E-state index in [1.807, 2.05) is 0 Å². The first-order chi connectivity index (χ1) is 12.0. The van der Waals surface area contributed by atoms with E-state index in [9.17, 15) is 4.79 Å². The minimum Gasteiger partial charge on any atom is -0.354 e. The second kappa shape index (κ2) is 8.33. The van der Waals surface area contributed by atoms with E-state index in [4.69, 9.17) is 0 Å². The molecule has 1 aliphatic heterocycles. The van der Waals surface area contributed by atoms with Gasteiger partial charge < -0.3 is 10.6 Å². The van der Waals surface area contributed by atoms with Gasteiger partial charge in [0.1, 0.15) is 0 Å². The van der Waals surface area contributed by atoms with Crippen LogP contribution in [0.15, 0.2) is 30.3 Å². The lowest BCUT2D eigenvalue weighted by molar-refractivity contribution is -0.119. The Labute approximate surface area is 152 Å². The number of carbonyl (C=O) groups excluding carboxylic acids is 1. The van der Waals surface area contributed by atoms with Crippen molar-refractivity contribution in [1.29, 1.82) is 0 Å². The zero-order valence-electron chi connectivity index (χ0n) is 15.8. The van der Waals surface area contributed by atoms with Gasteiger partial charge >= 0.3 is 0 Å². The van der Waals surface area contributed by atoms with Crippen molar-refractivity contribution in [2.45, 2.75) is 76.5 Å². The quantitative estimate of drug-likeness (QED) is 0.834. The van der Waals surface area contributed by atoms with Crippen LogP contribution in [0.1, 0.15) is 57.9 Å². The first kappa shape index (κ1) is 18.4. The van der Waals surface area contributed by atoms with Gasteiger partial charge in [0.25, 0.3) is 0 Å². The molecule has 4 heteroatoms. The van der Waals surface area contributed by atoms with Gasteiger partial charge in [-0.2, -0.15) is 0 Å². The minimum atomic E-state index is 0.103. The van der Waals surface area contributed by atoms with Crippen LogP contribution in [0, 0.1) is 0 Å². The highest BCUT2D eigenvalue weighted by molar-refractivity contribution is 5.73. The number of carbonyl (C=O) groups is 1. The van der Waals surface area contributed by atoms with E-state index in [2.05, 4.69) is 52.8 Å². The van der Waals surface area contributed by atoms with Crippen molar-refractivity contribution in [3.05, 3.63) is 35.9 Å². The average Bonchev–Trinajstić information content (AvgIpc) is 2.96. The Morgan fingerprint density at radius 3 is 2.52 bits per heavy atom. The molecule has 1 aromatic rings. The van der Waals surface area contributed by atoms with Crippen molar-refractivity contribution < 1.29 is 4.79 Å². The van der Waals surface area contributed by atoms with E-state index in [-0.39, 0.29) is 11.4 Å². The molecule has 0 unspecified atom stereocenters. The molecule has 1 amide bonds. The van der Waals surface area contributed by atoms with Gasteiger partial charge in [-0.3, -0.25) is 9.69 Å². The number of nitrogens with one attached hydrogen (secondary N) is 2. The second-order valence-electron chi connectivity index (χ2n) is 8.14. The Hall–Kier alpha value is -1.39. The Balaban J connectivity index is 1.47. The predicted molar refractivity (Wildman–Crippen MR) is 102 cm³/mol. The smallest absolute Gasteiger partial charge is 0.217 e. The van der Waals surface area contributed by atoms with Crippen LogP contribution in [0.4, 0.5) is 0 Å². The number of amides is 1. The normalized spacial score (nSPS) is 30.3. The van der Waals surface area contributed by atoms with Crippen molar-refractivity contribution in [2.75, 3.05) is 13.1 Å². The van der Waals surface area contributed by atoms with Gasteiger partial charge in [0.05, 0.1) is 0 Å². The summed E-state index contributed by atoms with van der Waals surface area (Å²) in [4.78, 5) is 13.8. The van der Waals surface area contributed by atoms with Crippen LogP contribution in [-0.4, -0.2) is 41.5 Å². The summed E-state index contributed by atoms with van der Waals surface area (Å²) in [7, 11) is 0. The predicted octanol–water partition coefficient (Wildman–Crippen LogP) is 3.08. The zero-order chi connectivity index (χ0) is 17.7. The fourth-order valence-corrected chi connectivity index (χ4v) is 4.45. The van der Waals surface area contributed by atoms with E-state index >= 15 is 0 Å². The monoisotopic (exact) mass is 343 g/mol. The molecule has 1 saturated heterocycles. The Bertz CT molecular complexity index is 554. The van der Waals surface area contributed by atoms with E-state index in [1.165, 1.54) is 37.8 Å². The molecule has 1 heterocycles. The summed E-state index contributed by atoms with van der Waals surface area (Å²) < 4.78 is 0. The maximum Gasteiger partial charge on any atom is 0.217 e. The number of hydrogen-bond acceptors (Lipinski definition) is 3. The largest absolute Gasteiger partial charge is 0.354 e. The lowest BCUT2D eigenvalue weighted by Crippen LogP contribution is -2.51. The van der Waals surface area contributed by atoms with Crippen LogP contribution in [0.25, 0.3) is 0 Å². The van der Waals surface area contributed by atoms with Gasteiger partial charge in [-0.25, -0.2) is 0 Å². The molecule has 25 heavy (non-hydrogen) atoms. The fraction of sp³-hybridized carbons (Fsp3) is 0.667. The first-order valence-electron chi connectivity index (χ1n) is 9.85. The van der Waals surface area contributed by atoms with Gasteiger partial charge in [-0.15, -0.1) is 0 Å². The Morgan fingerprint density at radius 2 is 1.84 bits per heavy atom. The molecule has 0 aromatic heterocycles. The van der Waals surface area contributed by atoms with E-state index in [1.54, 1.807) is 6.92 Å². The van der Waals surface area contributed by atoms with Crippen LogP contribution in [0.2, 0.25) is 0 Å². The molecule has 1 saturated carbocycles. The van der Waals surface area contributed by atoms with Crippen LogP contribution in [-0.2, 0) is 11.3 Å². The standard InChI is InChI=1S/C21H33N3O/c1-17(25)23-20-11-9-19(10-12-20)22-16-21(2)13-6-14-24(21)15-18-7-4-3-5-8-18/h3-5,7-8,19-20,22H,6,9-16H2,1-2H3,(H,23,25)/t19?,20?,21-/m0/s1. The van der Waals surface area contributed by atoms with E-state index in [0.29, 0.717) is 12.1 Å². The van der Waals surface area contributed by atoms with Gasteiger partial charge in [0, 0.05) is 37.6 Å². The topological polar surface area (TPSA) is 44.4 Å².